The number of nitrogens with zero attached hydrogens (tertiary/aromatic N) is 3. The van der Waals surface area contributed by atoms with Crippen molar-refractivity contribution >= 4 is 23.3 Å². The van der Waals surface area contributed by atoms with Gasteiger partial charge >= 0.3 is 6.03 Å². The first-order valence-electron chi connectivity index (χ1n) is 12.0. The molecule has 5 rings (SSSR count). The molecule has 4 heterocycles. The first-order valence-corrected chi connectivity index (χ1v) is 12.9. The SMILES string of the molecule is COc1cccc(CN2CCC([C@]3(c4ccccn4)NC(=O)N(CCc4cccs4)C3=O)CC2)c1. The molecule has 3 aromatic rings. The number of hydrogen-bond donors (Lipinski definition) is 1. The average molecular weight is 491 g/mol. The summed E-state index contributed by atoms with van der Waals surface area (Å²) < 4.78 is 5.36. The van der Waals surface area contributed by atoms with Crippen molar-refractivity contribution in [1.82, 2.24) is 20.1 Å². The number of nitrogens with one attached hydrogen (secondary N) is 1. The Bertz CT molecular complexity index is 1160. The number of ether oxygens (including phenoxy) is 1. The number of amides is 3. The molecule has 3 amide bonds. The van der Waals surface area contributed by atoms with E-state index in [1.54, 1.807) is 24.6 Å². The van der Waals surface area contributed by atoms with Crippen LogP contribution in [0.1, 0.15) is 29.0 Å². The van der Waals surface area contributed by atoms with E-state index in [0.29, 0.717) is 18.7 Å². The Hall–Kier alpha value is -3.23. The Morgan fingerprint density at radius 3 is 2.69 bits per heavy atom. The second kappa shape index (κ2) is 10.2. The molecule has 1 atom stereocenters. The van der Waals surface area contributed by atoms with Gasteiger partial charge in [-0.1, -0.05) is 24.3 Å². The molecule has 35 heavy (non-hydrogen) atoms. The quantitative estimate of drug-likeness (QED) is 0.482. The van der Waals surface area contributed by atoms with Gasteiger partial charge in [-0.15, -0.1) is 11.3 Å². The zero-order valence-corrected chi connectivity index (χ0v) is 20.7. The lowest BCUT2D eigenvalue weighted by atomic mass is 9.75. The number of hydrogen-bond acceptors (Lipinski definition) is 6. The Balaban J connectivity index is 1.33. The Morgan fingerprint density at radius 1 is 1.11 bits per heavy atom. The van der Waals surface area contributed by atoms with Gasteiger partial charge in [0.05, 0.1) is 12.8 Å². The van der Waals surface area contributed by atoms with E-state index in [9.17, 15) is 9.59 Å². The van der Waals surface area contributed by atoms with Crippen LogP contribution < -0.4 is 10.1 Å². The van der Waals surface area contributed by atoms with E-state index in [1.807, 2.05) is 47.8 Å². The predicted molar refractivity (Wildman–Crippen MR) is 135 cm³/mol. The van der Waals surface area contributed by atoms with Crippen molar-refractivity contribution in [2.45, 2.75) is 31.3 Å². The molecule has 0 saturated carbocycles. The Labute approximate surface area is 209 Å². The fraction of sp³-hybridized carbons (Fsp3) is 0.370. The normalized spacial score (nSPS) is 21.3. The number of pyridine rings is 1. The number of carbonyl (C=O) groups excluding carboxylic acids is 2. The first-order chi connectivity index (χ1) is 17.1. The van der Waals surface area contributed by atoms with Crippen molar-refractivity contribution in [3.05, 3.63) is 82.3 Å². The molecule has 8 heteroatoms. The number of benzene rings is 1. The fourth-order valence-electron chi connectivity index (χ4n) is 5.28. The van der Waals surface area contributed by atoms with E-state index in [1.165, 1.54) is 10.5 Å². The number of likely N-dealkylation sites (tertiary alicyclic amines) is 1. The van der Waals surface area contributed by atoms with E-state index in [2.05, 4.69) is 27.3 Å². The maximum atomic E-state index is 13.9. The lowest BCUT2D eigenvalue weighted by Gasteiger charge is -2.40. The maximum absolute atomic E-state index is 13.9. The second-order valence-electron chi connectivity index (χ2n) is 9.14. The number of methoxy groups -OCH3 is 1. The topological polar surface area (TPSA) is 74.8 Å². The number of rotatable bonds is 8. The zero-order chi connectivity index (χ0) is 24.3. The molecule has 2 fully saturated rings. The molecule has 0 aliphatic carbocycles. The minimum atomic E-state index is -1.12. The zero-order valence-electron chi connectivity index (χ0n) is 19.9. The molecular weight excluding hydrogens is 460 g/mol. The van der Waals surface area contributed by atoms with Gasteiger partial charge < -0.3 is 10.1 Å². The van der Waals surface area contributed by atoms with E-state index >= 15 is 0 Å². The van der Waals surface area contributed by atoms with Crippen LogP contribution in [-0.2, 0) is 23.3 Å². The highest BCUT2D eigenvalue weighted by Gasteiger charge is 2.57. The summed E-state index contributed by atoms with van der Waals surface area (Å²) in [5, 5.41) is 5.12. The van der Waals surface area contributed by atoms with E-state index < -0.39 is 5.54 Å². The summed E-state index contributed by atoms with van der Waals surface area (Å²) in [6.45, 7) is 2.88. The molecule has 1 aromatic carbocycles. The summed E-state index contributed by atoms with van der Waals surface area (Å²) in [6, 6.07) is 17.4. The molecule has 7 nitrogen and oxygen atoms in total. The molecule has 2 aromatic heterocycles. The third-order valence-electron chi connectivity index (χ3n) is 7.10. The molecule has 2 saturated heterocycles. The van der Waals surface area contributed by atoms with Crippen molar-refractivity contribution in [3.8, 4) is 5.75 Å². The number of aromatic nitrogens is 1. The van der Waals surface area contributed by atoms with E-state index in [4.69, 9.17) is 4.74 Å². The van der Waals surface area contributed by atoms with Crippen LogP contribution in [0.25, 0.3) is 0 Å². The standard InChI is InChI=1S/C27H30N4O3S/c1-34-22-7-4-6-20(18-22)19-30-14-10-21(11-15-30)27(24-9-2-3-13-28-24)25(32)31(26(33)29-27)16-12-23-8-5-17-35-23/h2-9,13,17-18,21H,10-12,14-16,19H2,1H3,(H,29,33)/t27-/m1/s1. The predicted octanol–water partition coefficient (Wildman–Crippen LogP) is 4.05. The van der Waals surface area contributed by atoms with Crippen LogP contribution in [0.15, 0.2) is 66.2 Å². The smallest absolute Gasteiger partial charge is 0.325 e. The van der Waals surface area contributed by atoms with Gasteiger partial charge in [-0.05, 0) is 79.5 Å². The molecule has 2 aliphatic rings. The highest BCUT2D eigenvalue weighted by Crippen LogP contribution is 2.41. The van der Waals surface area contributed by atoms with Crippen LogP contribution in [0.4, 0.5) is 4.79 Å². The van der Waals surface area contributed by atoms with Gasteiger partial charge in [-0.3, -0.25) is 19.6 Å². The third kappa shape index (κ3) is 4.68. The molecule has 1 N–H and O–H groups in total. The third-order valence-corrected chi connectivity index (χ3v) is 8.04. The number of imide groups is 1. The second-order valence-corrected chi connectivity index (χ2v) is 10.2. The van der Waals surface area contributed by atoms with Gasteiger partial charge in [0.15, 0.2) is 5.54 Å². The summed E-state index contributed by atoms with van der Waals surface area (Å²) in [5.74, 6) is 0.652. The van der Waals surface area contributed by atoms with Crippen LogP contribution in [0.2, 0.25) is 0 Å². The van der Waals surface area contributed by atoms with Gasteiger partial charge in [0.2, 0.25) is 0 Å². The molecule has 0 spiro atoms. The number of carbonyl (C=O) groups is 2. The monoisotopic (exact) mass is 490 g/mol. The first kappa shape index (κ1) is 23.5. The molecule has 0 bridgehead atoms. The van der Waals surface area contributed by atoms with Crippen LogP contribution >= 0.6 is 11.3 Å². The fourth-order valence-corrected chi connectivity index (χ4v) is 5.98. The molecule has 182 valence electrons. The van der Waals surface area contributed by atoms with E-state index in [-0.39, 0.29) is 17.9 Å². The maximum Gasteiger partial charge on any atom is 0.325 e. The molecule has 0 unspecified atom stereocenters. The summed E-state index contributed by atoms with van der Waals surface area (Å²) in [4.78, 5) is 36.5. The lowest BCUT2D eigenvalue weighted by molar-refractivity contribution is -0.134. The Kier molecular flexibility index (Phi) is 6.83. The highest BCUT2D eigenvalue weighted by atomic mass is 32.1. The number of urea groups is 1. The van der Waals surface area contributed by atoms with Crippen molar-refractivity contribution in [2.75, 3.05) is 26.7 Å². The molecule has 0 radical (unpaired) electrons. The molecular formula is C27H30N4O3S. The highest BCUT2D eigenvalue weighted by molar-refractivity contribution is 7.09. The van der Waals surface area contributed by atoms with Crippen LogP contribution in [0, 0.1) is 5.92 Å². The summed E-state index contributed by atoms with van der Waals surface area (Å²) in [7, 11) is 1.68. The summed E-state index contributed by atoms with van der Waals surface area (Å²) in [5.41, 5.74) is 0.714. The van der Waals surface area contributed by atoms with Crippen LogP contribution in [-0.4, -0.2) is 53.5 Å². The molecule has 2 aliphatic heterocycles. The van der Waals surface area contributed by atoms with E-state index in [0.717, 1.165) is 43.1 Å². The van der Waals surface area contributed by atoms with Gasteiger partial charge in [-0.2, -0.15) is 0 Å². The van der Waals surface area contributed by atoms with Crippen molar-refractivity contribution in [3.63, 3.8) is 0 Å². The van der Waals surface area contributed by atoms with Crippen molar-refractivity contribution in [2.24, 2.45) is 5.92 Å². The number of piperidine rings is 1. The summed E-state index contributed by atoms with van der Waals surface area (Å²) in [6.07, 6.45) is 3.95. The summed E-state index contributed by atoms with van der Waals surface area (Å²) >= 11 is 1.64. The van der Waals surface area contributed by atoms with Gasteiger partial charge in [0, 0.05) is 24.2 Å². The van der Waals surface area contributed by atoms with Crippen LogP contribution in [0.5, 0.6) is 5.75 Å². The van der Waals surface area contributed by atoms with Crippen LogP contribution in [0.3, 0.4) is 0 Å². The van der Waals surface area contributed by atoms with Gasteiger partial charge in [0.25, 0.3) is 5.91 Å². The largest absolute Gasteiger partial charge is 0.497 e. The van der Waals surface area contributed by atoms with Gasteiger partial charge in [0.1, 0.15) is 5.75 Å². The number of thiophene rings is 1. The Morgan fingerprint density at radius 2 is 1.97 bits per heavy atom. The minimum Gasteiger partial charge on any atom is -0.497 e. The lowest BCUT2D eigenvalue weighted by Crippen LogP contribution is -2.54. The average Bonchev–Trinajstić information content (AvgIpc) is 3.50. The van der Waals surface area contributed by atoms with Crippen molar-refractivity contribution in [1.29, 1.82) is 0 Å². The minimum absolute atomic E-state index is 0.0258. The van der Waals surface area contributed by atoms with Gasteiger partial charge in [-0.25, -0.2) is 4.79 Å². The van der Waals surface area contributed by atoms with Crippen molar-refractivity contribution < 1.29 is 14.3 Å².